The highest BCUT2D eigenvalue weighted by Crippen LogP contribution is 2.35. The van der Waals surface area contributed by atoms with E-state index in [0.29, 0.717) is 24.7 Å². The molecule has 4 rings (SSSR count). The molecule has 4 aromatic carbocycles. The van der Waals surface area contributed by atoms with Gasteiger partial charge < -0.3 is 20.5 Å². The summed E-state index contributed by atoms with van der Waals surface area (Å²) in [4.78, 5) is 13.0. The number of ether oxygens (including phenoxy) is 2. The Morgan fingerprint density at radius 3 is 1.97 bits per heavy atom. The van der Waals surface area contributed by atoms with Gasteiger partial charge in [0, 0.05) is 12.2 Å². The largest absolute Gasteiger partial charge is 0.493 e. The molecule has 178 valence electrons. The molecule has 0 aliphatic heterocycles. The number of amides is 1. The van der Waals surface area contributed by atoms with Gasteiger partial charge in [-0.15, -0.1) is 0 Å². The third-order valence-corrected chi connectivity index (χ3v) is 5.83. The normalized spacial score (nSPS) is 10.6. The van der Waals surface area contributed by atoms with E-state index in [-0.39, 0.29) is 12.3 Å². The fourth-order valence-corrected chi connectivity index (χ4v) is 4.12. The van der Waals surface area contributed by atoms with E-state index in [1.807, 2.05) is 66.7 Å². The highest BCUT2D eigenvalue weighted by atomic mass is 16.5. The second-order valence-electron chi connectivity index (χ2n) is 8.28. The van der Waals surface area contributed by atoms with E-state index in [2.05, 4.69) is 36.5 Å². The number of anilines is 1. The van der Waals surface area contributed by atoms with E-state index in [1.54, 1.807) is 7.11 Å². The molecule has 5 heteroatoms. The Morgan fingerprint density at radius 1 is 0.829 bits per heavy atom. The van der Waals surface area contributed by atoms with Crippen LogP contribution in [0.5, 0.6) is 11.5 Å². The molecule has 5 nitrogen and oxygen atoms in total. The van der Waals surface area contributed by atoms with E-state index in [9.17, 15) is 4.79 Å². The van der Waals surface area contributed by atoms with Crippen molar-refractivity contribution in [3.63, 3.8) is 0 Å². The predicted molar refractivity (Wildman–Crippen MR) is 142 cm³/mol. The monoisotopic (exact) mass is 466 g/mol. The fraction of sp³-hybridized carbons (Fsp3) is 0.167. The van der Waals surface area contributed by atoms with E-state index in [1.165, 1.54) is 5.56 Å². The number of hydrogen-bond donors (Lipinski definition) is 2. The topological polar surface area (TPSA) is 73.6 Å². The lowest BCUT2D eigenvalue weighted by Gasteiger charge is -2.16. The van der Waals surface area contributed by atoms with Gasteiger partial charge in [-0.1, -0.05) is 66.7 Å². The quantitative estimate of drug-likeness (QED) is 0.324. The molecule has 0 spiro atoms. The van der Waals surface area contributed by atoms with Gasteiger partial charge in [-0.2, -0.15) is 0 Å². The molecular formula is C30H30N2O3. The molecule has 3 N–H and O–H groups in total. The van der Waals surface area contributed by atoms with Gasteiger partial charge in [-0.25, -0.2) is 0 Å². The molecule has 0 fully saturated rings. The van der Waals surface area contributed by atoms with Crippen LogP contribution in [0.3, 0.4) is 0 Å². The average Bonchev–Trinajstić information content (AvgIpc) is 2.89. The SMILES string of the molecule is COc1cc(CC(=O)Nc2cc(-c3ccccc3)c(C)c(-c3ccccc3)c2)ccc1OCCN. The first-order chi connectivity index (χ1) is 17.1. The molecule has 0 aromatic heterocycles. The Morgan fingerprint density at radius 2 is 1.43 bits per heavy atom. The summed E-state index contributed by atoms with van der Waals surface area (Å²) in [5, 5.41) is 3.10. The summed E-state index contributed by atoms with van der Waals surface area (Å²) < 4.78 is 11.0. The van der Waals surface area contributed by atoms with Crippen LogP contribution in [0, 0.1) is 6.92 Å². The zero-order valence-electron chi connectivity index (χ0n) is 20.1. The zero-order valence-corrected chi connectivity index (χ0v) is 20.1. The second-order valence-corrected chi connectivity index (χ2v) is 8.28. The summed E-state index contributed by atoms with van der Waals surface area (Å²) in [6, 6.07) is 30.0. The maximum absolute atomic E-state index is 13.0. The molecule has 0 atom stereocenters. The lowest BCUT2D eigenvalue weighted by molar-refractivity contribution is -0.115. The molecule has 1 amide bonds. The number of carbonyl (C=O) groups excluding carboxylic acids is 1. The van der Waals surface area contributed by atoms with Gasteiger partial charge in [-0.3, -0.25) is 4.79 Å². The Balaban J connectivity index is 1.62. The fourth-order valence-electron chi connectivity index (χ4n) is 4.12. The van der Waals surface area contributed by atoms with Gasteiger partial charge in [-0.05, 0) is 64.6 Å². The van der Waals surface area contributed by atoms with Gasteiger partial charge in [0.1, 0.15) is 6.61 Å². The lowest BCUT2D eigenvalue weighted by Crippen LogP contribution is -2.15. The molecule has 0 aliphatic rings. The molecule has 35 heavy (non-hydrogen) atoms. The summed E-state index contributed by atoms with van der Waals surface area (Å²) in [6.07, 6.45) is 0.211. The van der Waals surface area contributed by atoms with Crippen LogP contribution >= 0.6 is 0 Å². The van der Waals surface area contributed by atoms with E-state index < -0.39 is 0 Å². The second kappa shape index (κ2) is 11.4. The van der Waals surface area contributed by atoms with Crippen molar-refractivity contribution in [1.29, 1.82) is 0 Å². The highest BCUT2D eigenvalue weighted by Gasteiger charge is 2.14. The van der Waals surface area contributed by atoms with Crippen LogP contribution in [0.25, 0.3) is 22.3 Å². The van der Waals surface area contributed by atoms with Crippen molar-refractivity contribution in [2.75, 3.05) is 25.6 Å². The minimum atomic E-state index is -0.107. The van der Waals surface area contributed by atoms with Crippen molar-refractivity contribution >= 4 is 11.6 Å². The van der Waals surface area contributed by atoms with Crippen molar-refractivity contribution in [3.05, 3.63) is 102 Å². The van der Waals surface area contributed by atoms with E-state index in [0.717, 1.165) is 33.5 Å². The third-order valence-electron chi connectivity index (χ3n) is 5.83. The number of nitrogens with one attached hydrogen (secondary N) is 1. The molecule has 0 saturated carbocycles. The number of benzene rings is 4. The van der Waals surface area contributed by atoms with Crippen LogP contribution in [0.4, 0.5) is 5.69 Å². The summed E-state index contributed by atoms with van der Waals surface area (Å²) >= 11 is 0. The third kappa shape index (κ3) is 5.89. The van der Waals surface area contributed by atoms with Crippen molar-refractivity contribution < 1.29 is 14.3 Å². The molecule has 0 bridgehead atoms. The van der Waals surface area contributed by atoms with Gasteiger partial charge in [0.2, 0.25) is 5.91 Å². The summed E-state index contributed by atoms with van der Waals surface area (Å²) in [6.45, 7) is 2.94. The number of nitrogens with two attached hydrogens (primary N) is 1. The Hall–Kier alpha value is -4.09. The maximum Gasteiger partial charge on any atom is 0.228 e. The van der Waals surface area contributed by atoms with Crippen LogP contribution in [-0.4, -0.2) is 26.2 Å². The molecule has 0 heterocycles. The standard InChI is InChI=1S/C30H30N2O3/c1-21-26(23-9-5-3-6-10-23)19-25(20-27(21)24-11-7-4-8-12-24)32-30(33)18-22-13-14-28(35-16-15-31)29(17-22)34-2/h3-14,17,19-20H,15-16,18,31H2,1-2H3,(H,32,33). The Bertz CT molecular complexity index is 1230. The molecule has 4 aromatic rings. The zero-order chi connectivity index (χ0) is 24.6. The predicted octanol–water partition coefficient (Wildman–Crippen LogP) is 5.86. The first-order valence-corrected chi connectivity index (χ1v) is 11.6. The first kappa shape index (κ1) is 24.0. The van der Waals surface area contributed by atoms with Crippen LogP contribution in [0.15, 0.2) is 91.0 Å². The van der Waals surface area contributed by atoms with Gasteiger partial charge >= 0.3 is 0 Å². The van der Waals surface area contributed by atoms with E-state index in [4.69, 9.17) is 15.2 Å². The maximum atomic E-state index is 13.0. The van der Waals surface area contributed by atoms with Gasteiger partial charge in [0.25, 0.3) is 0 Å². The van der Waals surface area contributed by atoms with Crippen molar-refractivity contribution in [2.45, 2.75) is 13.3 Å². The molecule has 0 radical (unpaired) electrons. The summed E-state index contributed by atoms with van der Waals surface area (Å²) in [5.74, 6) is 1.09. The summed E-state index contributed by atoms with van der Waals surface area (Å²) in [7, 11) is 1.58. The minimum absolute atomic E-state index is 0.107. The van der Waals surface area contributed by atoms with Crippen LogP contribution < -0.4 is 20.5 Å². The van der Waals surface area contributed by atoms with Gasteiger partial charge in [0.05, 0.1) is 13.5 Å². The van der Waals surface area contributed by atoms with Crippen LogP contribution in [0.1, 0.15) is 11.1 Å². The molecular weight excluding hydrogens is 436 g/mol. The van der Waals surface area contributed by atoms with Crippen molar-refractivity contribution in [1.82, 2.24) is 0 Å². The van der Waals surface area contributed by atoms with Gasteiger partial charge in [0.15, 0.2) is 11.5 Å². The Labute approximate surface area is 206 Å². The van der Waals surface area contributed by atoms with Crippen LogP contribution in [-0.2, 0) is 11.2 Å². The molecule has 0 saturated heterocycles. The van der Waals surface area contributed by atoms with Crippen LogP contribution in [0.2, 0.25) is 0 Å². The van der Waals surface area contributed by atoms with Crippen molar-refractivity contribution in [2.24, 2.45) is 5.73 Å². The number of methoxy groups -OCH3 is 1. The van der Waals surface area contributed by atoms with E-state index >= 15 is 0 Å². The highest BCUT2D eigenvalue weighted by molar-refractivity contribution is 5.95. The Kier molecular flexibility index (Phi) is 7.81. The van der Waals surface area contributed by atoms with Crippen molar-refractivity contribution in [3.8, 4) is 33.8 Å². The first-order valence-electron chi connectivity index (χ1n) is 11.6. The number of rotatable bonds is 9. The summed E-state index contributed by atoms with van der Waals surface area (Å²) in [5.41, 5.74) is 12.7. The number of hydrogen-bond acceptors (Lipinski definition) is 4. The lowest BCUT2D eigenvalue weighted by atomic mass is 9.92. The smallest absolute Gasteiger partial charge is 0.228 e. The molecule has 0 aliphatic carbocycles. The minimum Gasteiger partial charge on any atom is -0.493 e. The molecule has 0 unspecified atom stereocenters. The number of carbonyl (C=O) groups is 1. The average molecular weight is 467 g/mol.